The lowest BCUT2D eigenvalue weighted by Gasteiger charge is -2.31. The summed E-state index contributed by atoms with van der Waals surface area (Å²) in [5, 5.41) is 24.7. The zero-order valence-electron chi connectivity index (χ0n) is 12.2. The van der Waals surface area contributed by atoms with E-state index in [0.29, 0.717) is 13.0 Å². The summed E-state index contributed by atoms with van der Waals surface area (Å²) >= 11 is 0. The van der Waals surface area contributed by atoms with Gasteiger partial charge in [-0.1, -0.05) is 42.4 Å². The fourth-order valence-electron chi connectivity index (χ4n) is 2.13. The normalized spacial score (nSPS) is 16.6. The molecule has 0 amide bonds. The van der Waals surface area contributed by atoms with Crippen LogP contribution in [0.1, 0.15) is 38.2 Å². The topological polar surface area (TPSA) is 90.9 Å². The third kappa shape index (κ3) is 4.51. The summed E-state index contributed by atoms with van der Waals surface area (Å²) in [6, 6.07) is 9.71. The molecule has 1 aromatic rings. The van der Waals surface area contributed by atoms with Crippen LogP contribution in [0.3, 0.4) is 0 Å². The first-order chi connectivity index (χ1) is 9.56. The summed E-state index contributed by atoms with van der Waals surface area (Å²) < 4.78 is 0. The van der Waals surface area contributed by atoms with Gasteiger partial charge < -0.3 is 21.4 Å². The number of amidine groups is 1. The van der Waals surface area contributed by atoms with Gasteiger partial charge >= 0.3 is 0 Å². The molecule has 0 radical (unpaired) electrons. The highest BCUT2D eigenvalue weighted by atomic mass is 16.4. The van der Waals surface area contributed by atoms with Crippen molar-refractivity contribution < 1.29 is 10.3 Å². The Labute approximate surface area is 120 Å². The van der Waals surface area contributed by atoms with Gasteiger partial charge in [-0.25, -0.2) is 0 Å². The highest BCUT2D eigenvalue weighted by Gasteiger charge is 2.24. The molecule has 5 N–H and O–H groups in total. The minimum absolute atomic E-state index is 0.136. The first-order valence-corrected chi connectivity index (χ1v) is 6.94. The van der Waals surface area contributed by atoms with E-state index >= 15 is 0 Å². The largest absolute Gasteiger partial charge is 0.409 e. The summed E-state index contributed by atoms with van der Waals surface area (Å²) in [4.78, 5) is 0. The zero-order chi connectivity index (χ0) is 15.0. The molecular weight excluding hydrogens is 254 g/mol. The molecule has 112 valence electrons. The minimum Gasteiger partial charge on any atom is -0.409 e. The predicted octanol–water partition coefficient (Wildman–Crippen LogP) is 1.66. The molecule has 20 heavy (non-hydrogen) atoms. The standard InChI is InChI=1S/C15H25N3O2/c1-3-15(2,9-10-19)17-11-13(14(16)18-20)12-7-5-4-6-8-12/h4-8,13,17,19-20H,3,9-11H2,1-2H3,(H2,16,18). The average Bonchev–Trinajstić information content (AvgIpc) is 2.48. The van der Waals surface area contributed by atoms with Crippen molar-refractivity contribution in [1.82, 2.24) is 5.32 Å². The van der Waals surface area contributed by atoms with Crippen molar-refractivity contribution in [2.45, 2.75) is 38.1 Å². The molecule has 2 atom stereocenters. The number of nitrogens with zero attached hydrogens (tertiary/aromatic N) is 1. The van der Waals surface area contributed by atoms with Gasteiger partial charge in [0.15, 0.2) is 0 Å². The van der Waals surface area contributed by atoms with Crippen LogP contribution in [0.4, 0.5) is 0 Å². The molecule has 0 aliphatic carbocycles. The molecular formula is C15H25N3O2. The van der Waals surface area contributed by atoms with Crippen LogP contribution < -0.4 is 11.1 Å². The van der Waals surface area contributed by atoms with E-state index in [-0.39, 0.29) is 23.9 Å². The Hall–Kier alpha value is -1.59. The van der Waals surface area contributed by atoms with Gasteiger partial charge in [0.1, 0.15) is 5.84 Å². The Morgan fingerprint density at radius 2 is 2.05 bits per heavy atom. The van der Waals surface area contributed by atoms with Gasteiger partial charge in [-0.05, 0) is 25.3 Å². The van der Waals surface area contributed by atoms with E-state index in [1.807, 2.05) is 30.3 Å². The summed E-state index contributed by atoms with van der Waals surface area (Å²) in [6.07, 6.45) is 1.56. The van der Waals surface area contributed by atoms with E-state index in [0.717, 1.165) is 12.0 Å². The van der Waals surface area contributed by atoms with Crippen LogP contribution in [0.25, 0.3) is 0 Å². The SMILES string of the molecule is CCC(C)(CCO)NCC(/C(N)=N/O)c1ccccc1. The molecule has 0 aliphatic heterocycles. The first kappa shape index (κ1) is 16.5. The number of aliphatic hydroxyl groups is 1. The van der Waals surface area contributed by atoms with Gasteiger partial charge in [0, 0.05) is 18.7 Å². The van der Waals surface area contributed by atoms with Crippen molar-refractivity contribution in [3.8, 4) is 0 Å². The number of nitrogens with one attached hydrogen (secondary N) is 1. The third-order valence-electron chi connectivity index (χ3n) is 3.85. The second-order valence-electron chi connectivity index (χ2n) is 5.26. The molecule has 5 heteroatoms. The summed E-state index contributed by atoms with van der Waals surface area (Å²) in [7, 11) is 0. The van der Waals surface area contributed by atoms with Crippen LogP contribution in [0.2, 0.25) is 0 Å². The van der Waals surface area contributed by atoms with Crippen molar-refractivity contribution >= 4 is 5.84 Å². The molecule has 0 bridgehead atoms. The second kappa shape index (κ2) is 7.87. The summed E-state index contributed by atoms with van der Waals surface area (Å²) in [6.45, 7) is 4.84. The molecule has 0 heterocycles. The monoisotopic (exact) mass is 279 g/mol. The Morgan fingerprint density at radius 1 is 1.40 bits per heavy atom. The van der Waals surface area contributed by atoms with Gasteiger partial charge in [0.25, 0.3) is 0 Å². The van der Waals surface area contributed by atoms with Crippen molar-refractivity contribution in [2.24, 2.45) is 10.9 Å². The quantitative estimate of drug-likeness (QED) is 0.252. The minimum atomic E-state index is -0.189. The van der Waals surface area contributed by atoms with E-state index in [1.165, 1.54) is 0 Å². The van der Waals surface area contributed by atoms with Gasteiger partial charge in [-0.2, -0.15) is 0 Å². The van der Waals surface area contributed by atoms with Crippen molar-refractivity contribution in [2.75, 3.05) is 13.2 Å². The fourth-order valence-corrected chi connectivity index (χ4v) is 2.13. The highest BCUT2D eigenvalue weighted by Crippen LogP contribution is 2.19. The Kier molecular flexibility index (Phi) is 6.48. The van der Waals surface area contributed by atoms with Crippen molar-refractivity contribution in [3.63, 3.8) is 0 Å². The molecule has 0 spiro atoms. The number of nitrogens with two attached hydrogens (primary N) is 1. The van der Waals surface area contributed by atoms with Crippen LogP contribution in [0, 0.1) is 0 Å². The molecule has 1 rings (SSSR count). The maximum atomic E-state index is 9.14. The second-order valence-corrected chi connectivity index (χ2v) is 5.26. The average molecular weight is 279 g/mol. The fraction of sp³-hybridized carbons (Fsp3) is 0.533. The number of aliphatic hydroxyl groups excluding tert-OH is 1. The number of hydrogen-bond donors (Lipinski definition) is 4. The van der Waals surface area contributed by atoms with Gasteiger partial charge in [-0.3, -0.25) is 0 Å². The van der Waals surface area contributed by atoms with Gasteiger partial charge in [-0.15, -0.1) is 0 Å². The van der Waals surface area contributed by atoms with Crippen LogP contribution >= 0.6 is 0 Å². The van der Waals surface area contributed by atoms with Crippen LogP contribution in [-0.4, -0.2) is 34.8 Å². The molecule has 0 saturated heterocycles. The van der Waals surface area contributed by atoms with Crippen molar-refractivity contribution in [1.29, 1.82) is 0 Å². The van der Waals surface area contributed by atoms with E-state index in [2.05, 4.69) is 24.3 Å². The van der Waals surface area contributed by atoms with Crippen molar-refractivity contribution in [3.05, 3.63) is 35.9 Å². The first-order valence-electron chi connectivity index (χ1n) is 6.94. The van der Waals surface area contributed by atoms with Gasteiger partial charge in [0.2, 0.25) is 0 Å². The number of oxime groups is 1. The van der Waals surface area contributed by atoms with E-state index < -0.39 is 0 Å². The van der Waals surface area contributed by atoms with E-state index in [4.69, 9.17) is 16.0 Å². The molecule has 5 nitrogen and oxygen atoms in total. The van der Waals surface area contributed by atoms with Gasteiger partial charge in [0.05, 0.1) is 5.92 Å². The highest BCUT2D eigenvalue weighted by molar-refractivity contribution is 5.87. The van der Waals surface area contributed by atoms with Crippen LogP contribution in [-0.2, 0) is 0 Å². The molecule has 0 saturated carbocycles. The summed E-state index contributed by atoms with van der Waals surface area (Å²) in [5.41, 5.74) is 6.65. The van der Waals surface area contributed by atoms with Crippen LogP contribution in [0.5, 0.6) is 0 Å². The molecule has 0 aliphatic rings. The molecule has 0 aromatic heterocycles. The Bertz CT molecular complexity index is 422. The predicted molar refractivity (Wildman–Crippen MR) is 81.0 cm³/mol. The zero-order valence-corrected chi connectivity index (χ0v) is 12.2. The van der Waals surface area contributed by atoms with Crippen LogP contribution in [0.15, 0.2) is 35.5 Å². The maximum absolute atomic E-state index is 9.14. The Balaban J connectivity index is 2.82. The Morgan fingerprint density at radius 3 is 2.55 bits per heavy atom. The number of benzene rings is 1. The maximum Gasteiger partial charge on any atom is 0.147 e. The van der Waals surface area contributed by atoms with E-state index in [1.54, 1.807) is 0 Å². The lowest BCUT2D eigenvalue weighted by molar-refractivity contribution is 0.215. The number of hydrogen-bond acceptors (Lipinski definition) is 4. The number of rotatable bonds is 8. The lowest BCUT2D eigenvalue weighted by Crippen LogP contribution is -2.46. The molecule has 1 aromatic carbocycles. The molecule has 2 unspecified atom stereocenters. The third-order valence-corrected chi connectivity index (χ3v) is 3.85. The molecule has 0 fully saturated rings. The summed E-state index contributed by atoms with van der Waals surface area (Å²) in [5.74, 6) is -0.00285. The lowest BCUT2D eigenvalue weighted by atomic mass is 9.92. The smallest absolute Gasteiger partial charge is 0.147 e. The van der Waals surface area contributed by atoms with E-state index in [9.17, 15) is 0 Å².